The summed E-state index contributed by atoms with van der Waals surface area (Å²) in [7, 11) is 1.68. The molecule has 0 N–H and O–H groups in total. The van der Waals surface area contributed by atoms with E-state index in [1.54, 1.807) is 18.9 Å². The van der Waals surface area contributed by atoms with Crippen molar-refractivity contribution in [3.8, 4) is 22.8 Å². The first-order valence-electron chi connectivity index (χ1n) is 9.49. The number of methoxy groups -OCH3 is 1. The first-order chi connectivity index (χ1) is 14.1. The second-order valence-corrected chi connectivity index (χ2v) is 7.93. The summed E-state index contributed by atoms with van der Waals surface area (Å²) >= 11 is 1.68. The zero-order chi connectivity index (χ0) is 20.2. The van der Waals surface area contributed by atoms with Crippen LogP contribution >= 0.6 is 11.8 Å². The van der Waals surface area contributed by atoms with Gasteiger partial charge in [-0.3, -0.25) is 4.57 Å². The quantitative estimate of drug-likeness (QED) is 0.380. The molecular formula is C24H23N3OS. The Balaban J connectivity index is 1.70. The Morgan fingerprint density at radius 1 is 0.862 bits per heavy atom. The smallest absolute Gasteiger partial charge is 0.196 e. The molecule has 146 valence electrons. The Labute approximate surface area is 175 Å². The minimum Gasteiger partial charge on any atom is -0.497 e. The van der Waals surface area contributed by atoms with E-state index in [-0.39, 0.29) is 0 Å². The molecule has 0 fully saturated rings. The van der Waals surface area contributed by atoms with Gasteiger partial charge >= 0.3 is 0 Å². The molecule has 3 aromatic carbocycles. The predicted molar refractivity (Wildman–Crippen MR) is 119 cm³/mol. The van der Waals surface area contributed by atoms with E-state index in [1.807, 2.05) is 12.1 Å². The van der Waals surface area contributed by atoms with Crippen molar-refractivity contribution in [2.24, 2.45) is 0 Å². The number of nitrogens with zero attached hydrogens (tertiary/aromatic N) is 3. The second kappa shape index (κ2) is 8.53. The van der Waals surface area contributed by atoms with Gasteiger partial charge in [-0.05, 0) is 49.7 Å². The predicted octanol–water partition coefficient (Wildman–Crippen LogP) is 5.85. The first-order valence-corrected chi connectivity index (χ1v) is 10.5. The van der Waals surface area contributed by atoms with Crippen molar-refractivity contribution in [1.82, 2.24) is 14.8 Å². The van der Waals surface area contributed by atoms with E-state index >= 15 is 0 Å². The molecule has 29 heavy (non-hydrogen) atoms. The number of ether oxygens (including phenoxy) is 1. The van der Waals surface area contributed by atoms with Gasteiger partial charge in [0.25, 0.3) is 0 Å². The van der Waals surface area contributed by atoms with Gasteiger partial charge < -0.3 is 4.74 Å². The van der Waals surface area contributed by atoms with Crippen LogP contribution in [-0.2, 0) is 5.75 Å². The number of aryl methyl sites for hydroxylation is 2. The van der Waals surface area contributed by atoms with Gasteiger partial charge in [-0.2, -0.15) is 0 Å². The summed E-state index contributed by atoms with van der Waals surface area (Å²) in [5.41, 5.74) is 5.77. The van der Waals surface area contributed by atoms with Gasteiger partial charge in [0.15, 0.2) is 11.0 Å². The minimum absolute atomic E-state index is 0.807. The molecule has 0 aliphatic rings. The zero-order valence-electron chi connectivity index (χ0n) is 16.8. The Bertz CT molecular complexity index is 1100. The topological polar surface area (TPSA) is 39.9 Å². The normalized spacial score (nSPS) is 10.9. The Kier molecular flexibility index (Phi) is 5.67. The molecule has 1 aromatic heterocycles. The molecule has 0 bridgehead atoms. The average Bonchev–Trinajstić information content (AvgIpc) is 3.17. The molecule has 1 heterocycles. The standard InChI is InChI=1S/C24H23N3OS/c1-17-7-11-21(12-8-17)27-23(20-6-4-5-18(2)15-20)25-26-24(27)29-16-19-9-13-22(28-3)14-10-19/h4-15H,16H2,1-3H3. The van der Waals surface area contributed by atoms with Crippen LogP contribution in [0, 0.1) is 13.8 Å². The molecule has 5 heteroatoms. The molecule has 0 amide bonds. The summed E-state index contributed by atoms with van der Waals surface area (Å²) in [5.74, 6) is 2.53. The van der Waals surface area contributed by atoms with E-state index in [0.29, 0.717) is 0 Å². The number of benzene rings is 3. The number of thioether (sulfide) groups is 1. The van der Waals surface area contributed by atoms with Gasteiger partial charge in [0.2, 0.25) is 0 Å². The Morgan fingerprint density at radius 3 is 2.31 bits per heavy atom. The molecule has 0 radical (unpaired) electrons. The van der Waals surface area contributed by atoms with Gasteiger partial charge in [0.05, 0.1) is 7.11 Å². The van der Waals surface area contributed by atoms with Crippen LogP contribution in [0.3, 0.4) is 0 Å². The maximum Gasteiger partial charge on any atom is 0.196 e. The minimum atomic E-state index is 0.807. The van der Waals surface area contributed by atoms with E-state index in [4.69, 9.17) is 4.74 Å². The van der Waals surface area contributed by atoms with Crippen LogP contribution in [0.1, 0.15) is 16.7 Å². The van der Waals surface area contributed by atoms with Crippen LogP contribution in [0.4, 0.5) is 0 Å². The Hall–Kier alpha value is -3.05. The highest BCUT2D eigenvalue weighted by Gasteiger charge is 2.16. The second-order valence-electron chi connectivity index (χ2n) is 6.98. The lowest BCUT2D eigenvalue weighted by molar-refractivity contribution is 0.414. The van der Waals surface area contributed by atoms with Crippen LogP contribution in [0.5, 0.6) is 5.75 Å². The average molecular weight is 402 g/mol. The van der Waals surface area contributed by atoms with Crippen LogP contribution < -0.4 is 4.74 Å². The summed E-state index contributed by atoms with van der Waals surface area (Å²) in [6.45, 7) is 4.19. The largest absolute Gasteiger partial charge is 0.497 e. The third-order valence-corrected chi connectivity index (χ3v) is 5.73. The molecule has 4 aromatic rings. The third-order valence-electron chi connectivity index (χ3n) is 4.73. The lowest BCUT2D eigenvalue weighted by atomic mass is 10.1. The summed E-state index contributed by atoms with van der Waals surface area (Å²) < 4.78 is 7.39. The fourth-order valence-electron chi connectivity index (χ4n) is 3.13. The van der Waals surface area contributed by atoms with Gasteiger partial charge in [0, 0.05) is 17.0 Å². The number of rotatable bonds is 6. The van der Waals surface area contributed by atoms with Crippen molar-refractivity contribution in [3.05, 3.63) is 89.5 Å². The fraction of sp³-hybridized carbons (Fsp3) is 0.167. The zero-order valence-corrected chi connectivity index (χ0v) is 17.6. The van der Waals surface area contributed by atoms with Crippen LogP contribution in [0.25, 0.3) is 17.1 Å². The van der Waals surface area contributed by atoms with E-state index < -0.39 is 0 Å². The van der Waals surface area contributed by atoms with Gasteiger partial charge in [-0.25, -0.2) is 0 Å². The van der Waals surface area contributed by atoms with Crippen molar-refractivity contribution in [3.63, 3.8) is 0 Å². The molecule has 4 rings (SSSR count). The maximum atomic E-state index is 5.25. The molecule has 0 atom stereocenters. The molecular weight excluding hydrogens is 378 g/mol. The highest BCUT2D eigenvalue weighted by Crippen LogP contribution is 2.30. The lowest BCUT2D eigenvalue weighted by Crippen LogP contribution is -2.00. The monoisotopic (exact) mass is 401 g/mol. The van der Waals surface area contributed by atoms with Gasteiger partial charge in [-0.15, -0.1) is 10.2 Å². The van der Waals surface area contributed by atoms with Crippen molar-refractivity contribution in [1.29, 1.82) is 0 Å². The van der Waals surface area contributed by atoms with Gasteiger partial charge in [-0.1, -0.05) is 65.4 Å². The summed E-state index contributed by atoms with van der Waals surface area (Å²) in [4.78, 5) is 0. The van der Waals surface area contributed by atoms with Crippen LogP contribution in [-0.4, -0.2) is 21.9 Å². The molecule has 0 spiro atoms. The van der Waals surface area contributed by atoms with Crippen molar-refractivity contribution < 1.29 is 4.74 Å². The van der Waals surface area contributed by atoms with Crippen molar-refractivity contribution in [2.75, 3.05) is 7.11 Å². The van der Waals surface area contributed by atoms with E-state index in [1.165, 1.54) is 16.7 Å². The maximum absolute atomic E-state index is 5.25. The van der Waals surface area contributed by atoms with Crippen molar-refractivity contribution >= 4 is 11.8 Å². The number of hydrogen-bond donors (Lipinski definition) is 0. The van der Waals surface area contributed by atoms with Crippen LogP contribution in [0.15, 0.2) is 78.0 Å². The van der Waals surface area contributed by atoms with E-state index in [0.717, 1.165) is 33.7 Å². The Morgan fingerprint density at radius 2 is 1.62 bits per heavy atom. The highest BCUT2D eigenvalue weighted by atomic mass is 32.2. The number of aromatic nitrogens is 3. The summed E-state index contributed by atoms with van der Waals surface area (Å²) in [5, 5.41) is 9.94. The fourth-order valence-corrected chi connectivity index (χ4v) is 4.04. The van der Waals surface area contributed by atoms with Crippen molar-refractivity contribution in [2.45, 2.75) is 24.8 Å². The molecule has 0 saturated heterocycles. The molecule has 0 aliphatic heterocycles. The van der Waals surface area contributed by atoms with Gasteiger partial charge in [0.1, 0.15) is 5.75 Å². The summed E-state index contributed by atoms with van der Waals surface area (Å²) in [6, 6.07) is 25.0. The highest BCUT2D eigenvalue weighted by molar-refractivity contribution is 7.98. The molecule has 0 unspecified atom stereocenters. The molecule has 0 aliphatic carbocycles. The third kappa shape index (κ3) is 4.35. The lowest BCUT2D eigenvalue weighted by Gasteiger charge is -2.11. The SMILES string of the molecule is COc1ccc(CSc2nnc(-c3cccc(C)c3)n2-c2ccc(C)cc2)cc1. The van der Waals surface area contributed by atoms with E-state index in [2.05, 4.69) is 89.3 Å². The molecule has 0 saturated carbocycles. The molecule has 4 nitrogen and oxygen atoms in total. The van der Waals surface area contributed by atoms with E-state index in [9.17, 15) is 0 Å². The number of hydrogen-bond acceptors (Lipinski definition) is 4. The summed E-state index contributed by atoms with van der Waals surface area (Å²) in [6.07, 6.45) is 0. The van der Waals surface area contributed by atoms with Crippen LogP contribution in [0.2, 0.25) is 0 Å². The first kappa shape index (κ1) is 19.3.